The third-order valence-corrected chi connectivity index (χ3v) is 2.10. The second-order valence-corrected chi connectivity index (χ2v) is 3.50. The maximum absolute atomic E-state index is 10.7. The molecule has 0 atom stereocenters. The minimum Gasteiger partial charge on any atom is -0.486 e. The average Bonchev–Trinajstić information content (AvgIpc) is 2.28. The van der Waals surface area contributed by atoms with Gasteiger partial charge < -0.3 is 15.7 Å². The topological polar surface area (TPSA) is 111 Å². The average molecular weight is 260 g/mol. The van der Waals surface area contributed by atoms with Crippen molar-refractivity contribution in [2.75, 3.05) is 6.61 Å². The SMILES string of the molecule is NC(CCOc1cc(Cl)ccc1[N+](=O)[O-])=NO. The highest BCUT2D eigenvalue weighted by Gasteiger charge is 2.15. The van der Waals surface area contributed by atoms with Crippen LogP contribution in [0.15, 0.2) is 23.4 Å². The van der Waals surface area contributed by atoms with Crippen molar-refractivity contribution in [1.82, 2.24) is 0 Å². The van der Waals surface area contributed by atoms with E-state index in [9.17, 15) is 10.1 Å². The van der Waals surface area contributed by atoms with Gasteiger partial charge in [0.2, 0.25) is 0 Å². The number of benzene rings is 1. The highest BCUT2D eigenvalue weighted by atomic mass is 35.5. The van der Waals surface area contributed by atoms with Crippen LogP contribution in [0, 0.1) is 10.1 Å². The molecule has 0 saturated heterocycles. The third-order valence-electron chi connectivity index (χ3n) is 1.86. The zero-order valence-corrected chi connectivity index (χ0v) is 9.42. The van der Waals surface area contributed by atoms with Crippen molar-refractivity contribution in [1.29, 1.82) is 0 Å². The molecule has 1 aromatic rings. The summed E-state index contributed by atoms with van der Waals surface area (Å²) in [6, 6.07) is 3.99. The zero-order chi connectivity index (χ0) is 12.8. The van der Waals surface area contributed by atoms with Gasteiger partial charge in [-0.25, -0.2) is 0 Å². The number of nitro groups is 1. The number of rotatable bonds is 5. The smallest absolute Gasteiger partial charge is 0.311 e. The van der Waals surface area contributed by atoms with Crippen LogP contribution in [0.3, 0.4) is 0 Å². The molecule has 8 heteroatoms. The Labute approximate surface area is 102 Å². The number of amidine groups is 1. The largest absolute Gasteiger partial charge is 0.486 e. The molecule has 0 amide bonds. The minimum atomic E-state index is -0.574. The molecular weight excluding hydrogens is 250 g/mol. The van der Waals surface area contributed by atoms with Crippen LogP contribution in [0.2, 0.25) is 5.02 Å². The van der Waals surface area contributed by atoms with Crippen molar-refractivity contribution in [3.05, 3.63) is 33.3 Å². The number of nitrogens with two attached hydrogens (primary N) is 1. The molecule has 0 heterocycles. The van der Waals surface area contributed by atoms with Crippen LogP contribution >= 0.6 is 11.6 Å². The summed E-state index contributed by atoms with van der Waals surface area (Å²) >= 11 is 5.70. The number of oxime groups is 1. The molecule has 0 aliphatic heterocycles. The molecule has 3 N–H and O–H groups in total. The first-order valence-electron chi connectivity index (χ1n) is 4.57. The van der Waals surface area contributed by atoms with Crippen molar-refractivity contribution < 1.29 is 14.9 Å². The predicted molar refractivity (Wildman–Crippen MR) is 61.6 cm³/mol. The Balaban J connectivity index is 2.75. The van der Waals surface area contributed by atoms with Crippen LogP contribution in [-0.4, -0.2) is 22.6 Å². The van der Waals surface area contributed by atoms with Crippen LogP contribution in [0.4, 0.5) is 5.69 Å². The standard InChI is InChI=1S/C9H10ClN3O4/c10-6-1-2-7(13(15)16)8(5-6)17-4-3-9(11)12-14/h1-2,5,14H,3-4H2,(H2,11,12). The number of nitrogens with zero attached hydrogens (tertiary/aromatic N) is 2. The first-order valence-corrected chi connectivity index (χ1v) is 4.95. The predicted octanol–water partition coefficient (Wildman–Crippen LogP) is 1.76. The first-order chi connectivity index (χ1) is 8.04. The maximum atomic E-state index is 10.7. The van der Waals surface area contributed by atoms with Gasteiger partial charge in [-0.15, -0.1) is 0 Å². The van der Waals surface area contributed by atoms with E-state index >= 15 is 0 Å². The fraction of sp³-hybridized carbons (Fsp3) is 0.222. The minimum absolute atomic E-state index is 0.0188. The summed E-state index contributed by atoms with van der Waals surface area (Å²) in [4.78, 5) is 10.1. The van der Waals surface area contributed by atoms with E-state index in [-0.39, 0.29) is 30.3 Å². The second-order valence-electron chi connectivity index (χ2n) is 3.06. The van der Waals surface area contributed by atoms with Crippen LogP contribution in [0.25, 0.3) is 0 Å². The summed E-state index contributed by atoms with van der Waals surface area (Å²) in [5, 5.41) is 22.1. The van der Waals surface area contributed by atoms with E-state index in [0.29, 0.717) is 5.02 Å². The molecule has 0 saturated carbocycles. The Kier molecular flexibility index (Phi) is 4.53. The molecule has 7 nitrogen and oxygen atoms in total. The summed E-state index contributed by atoms with van der Waals surface area (Å²) < 4.78 is 5.15. The molecular formula is C9H10ClN3O4. The van der Waals surface area contributed by atoms with Gasteiger partial charge in [-0.3, -0.25) is 10.1 Å². The fourth-order valence-corrected chi connectivity index (χ4v) is 1.23. The van der Waals surface area contributed by atoms with E-state index in [1.165, 1.54) is 18.2 Å². The third kappa shape index (κ3) is 3.80. The summed E-state index contributed by atoms with van der Waals surface area (Å²) in [5.74, 6) is 0.0305. The van der Waals surface area contributed by atoms with Gasteiger partial charge in [0.25, 0.3) is 0 Å². The van der Waals surface area contributed by atoms with Gasteiger partial charge in [-0.1, -0.05) is 16.8 Å². The Morgan fingerprint density at radius 3 is 2.94 bits per heavy atom. The molecule has 0 aliphatic carbocycles. The van der Waals surface area contributed by atoms with Crippen molar-refractivity contribution in [2.45, 2.75) is 6.42 Å². The maximum Gasteiger partial charge on any atom is 0.311 e. The Bertz CT molecular complexity index is 450. The summed E-state index contributed by atoms with van der Waals surface area (Å²) in [6.45, 7) is 0.0527. The molecule has 0 aliphatic rings. The fourth-order valence-electron chi connectivity index (χ4n) is 1.07. The normalized spacial score (nSPS) is 11.2. The van der Waals surface area contributed by atoms with Crippen LogP contribution < -0.4 is 10.5 Å². The van der Waals surface area contributed by atoms with Crippen LogP contribution in [-0.2, 0) is 0 Å². The summed E-state index contributed by atoms with van der Waals surface area (Å²) in [5.41, 5.74) is 5.04. The van der Waals surface area contributed by atoms with Gasteiger partial charge in [-0.05, 0) is 6.07 Å². The van der Waals surface area contributed by atoms with Crippen molar-refractivity contribution >= 4 is 23.1 Å². The van der Waals surface area contributed by atoms with Crippen LogP contribution in [0.1, 0.15) is 6.42 Å². The number of nitro benzene ring substituents is 1. The highest BCUT2D eigenvalue weighted by molar-refractivity contribution is 6.30. The highest BCUT2D eigenvalue weighted by Crippen LogP contribution is 2.29. The van der Waals surface area contributed by atoms with E-state index in [1.807, 2.05) is 0 Å². The molecule has 1 aromatic carbocycles. The first kappa shape index (κ1) is 13.0. The molecule has 0 fully saturated rings. The van der Waals surface area contributed by atoms with Gasteiger partial charge in [0.15, 0.2) is 5.75 Å². The molecule has 0 radical (unpaired) electrons. The second kappa shape index (κ2) is 5.90. The molecule has 0 aromatic heterocycles. The lowest BCUT2D eigenvalue weighted by Gasteiger charge is -2.06. The van der Waals surface area contributed by atoms with Gasteiger partial charge in [0, 0.05) is 23.6 Å². The van der Waals surface area contributed by atoms with Gasteiger partial charge in [0.05, 0.1) is 11.5 Å². The number of halogens is 1. The lowest BCUT2D eigenvalue weighted by atomic mass is 10.3. The molecule has 1 rings (SSSR count). The number of hydrogen-bond acceptors (Lipinski definition) is 5. The number of hydrogen-bond donors (Lipinski definition) is 2. The van der Waals surface area contributed by atoms with E-state index in [1.54, 1.807) is 0 Å². The van der Waals surface area contributed by atoms with E-state index < -0.39 is 4.92 Å². The van der Waals surface area contributed by atoms with E-state index in [2.05, 4.69) is 5.16 Å². The summed E-state index contributed by atoms with van der Waals surface area (Å²) in [6.07, 6.45) is 0.153. The Hall–Kier alpha value is -2.02. The molecule has 92 valence electrons. The summed E-state index contributed by atoms with van der Waals surface area (Å²) in [7, 11) is 0. The van der Waals surface area contributed by atoms with Gasteiger partial charge in [-0.2, -0.15) is 0 Å². The molecule has 17 heavy (non-hydrogen) atoms. The Morgan fingerprint density at radius 2 is 2.35 bits per heavy atom. The Morgan fingerprint density at radius 1 is 1.65 bits per heavy atom. The van der Waals surface area contributed by atoms with Crippen LogP contribution in [0.5, 0.6) is 5.75 Å². The quantitative estimate of drug-likeness (QED) is 0.275. The molecule has 0 bridgehead atoms. The molecule has 0 spiro atoms. The van der Waals surface area contributed by atoms with E-state index in [4.69, 9.17) is 27.3 Å². The monoisotopic (exact) mass is 259 g/mol. The lowest BCUT2D eigenvalue weighted by molar-refractivity contribution is -0.385. The number of ether oxygens (including phenoxy) is 1. The lowest BCUT2D eigenvalue weighted by Crippen LogP contribution is -2.15. The zero-order valence-electron chi connectivity index (χ0n) is 8.67. The van der Waals surface area contributed by atoms with Gasteiger partial charge in [0.1, 0.15) is 5.84 Å². The van der Waals surface area contributed by atoms with E-state index in [0.717, 1.165) is 0 Å². The van der Waals surface area contributed by atoms with Crippen molar-refractivity contribution in [3.63, 3.8) is 0 Å². The molecule has 0 unspecified atom stereocenters. The van der Waals surface area contributed by atoms with Crippen molar-refractivity contribution in [2.24, 2.45) is 10.9 Å². The van der Waals surface area contributed by atoms with Crippen molar-refractivity contribution in [3.8, 4) is 5.75 Å². The van der Waals surface area contributed by atoms with Gasteiger partial charge >= 0.3 is 5.69 Å².